The molecule has 0 spiro atoms. The Morgan fingerprint density at radius 3 is 2.33 bits per heavy atom. The third kappa shape index (κ3) is 2.99. The number of hydrogen-bond donors (Lipinski definition) is 0. The van der Waals surface area contributed by atoms with Gasteiger partial charge in [-0.2, -0.15) is 0 Å². The molecule has 6 nitrogen and oxygen atoms in total. The molecule has 0 aliphatic heterocycles. The largest absolute Gasteiger partial charge is 0.465 e. The predicted molar refractivity (Wildman–Crippen MR) is 103 cm³/mol. The molecule has 0 fully saturated rings. The van der Waals surface area contributed by atoms with Crippen molar-refractivity contribution >= 4 is 34.3 Å². The van der Waals surface area contributed by atoms with E-state index < -0.39 is 17.7 Å². The van der Waals surface area contributed by atoms with Crippen molar-refractivity contribution in [2.24, 2.45) is 7.05 Å². The lowest BCUT2D eigenvalue weighted by Gasteiger charge is -2.19. The van der Waals surface area contributed by atoms with Gasteiger partial charge < -0.3 is 14.2 Å². The summed E-state index contributed by atoms with van der Waals surface area (Å²) in [5.41, 5.74) is 2.51. The van der Waals surface area contributed by atoms with Crippen LogP contribution in [-0.4, -0.2) is 36.4 Å². The van der Waals surface area contributed by atoms with E-state index in [1.54, 1.807) is 24.3 Å². The van der Waals surface area contributed by atoms with E-state index in [-0.39, 0.29) is 5.56 Å². The van der Waals surface area contributed by atoms with E-state index in [2.05, 4.69) is 0 Å². The number of methoxy groups -OCH3 is 1. The minimum absolute atomic E-state index is 0.221. The van der Waals surface area contributed by atoms with Gasteiger partial charge in [-0.15, -0.1) is 0 Å². The van der Waals surface area contributed by atoms with Gasteiger partial charge in [0.15, 0.2) is 0 Å². The maximum atomic E-state index is 13.0. The molecule has 2 aromatic carbocycles. The lowest BCUT2D eigenvalue weighted by atomic mass is 10.0. The number of nitrogens with zero attached hydrogens (tertiary/aromatic N) is 2. The van der Waals surface area contributed by atoms with Crippen molar-refractivity contribution in [1.82, 2.24) is 4.57 Å². The number of aryl methyl sites for hydroxylation is 1. The normalized spacial score (nSPS) is 10.7. The molecular formula is C21H20N2O4. The number of para-hydroxylation sites is 2. The zero-order chi connectivity index (χ0) is 19.7. The van der Waals surface area contributed by atoms with Crippen molar-refractivity contribution in [3.63, 3.8) is 0 Å². The van der Waals surface area contributed by atoms with Gasteiger partial charge in [0.05, 0.1) is 23.9 Å². The van der Waals surface area contributed by atoms with Gasteiger partial charge in [-0.1, -0.05) is 30.3 Å². The van der Waals surface area contributed by atoms with Crippen LogP contribution in [0.1, 0.15) is 26.4 Å². The number of carbonyl (C=O) groups is 3. The van der Waals surface area contributed by atoms with E-state index in [4.69, 9.17) is 4.74 Å². The number of benzene rings is 2. The molecular weight excluding hydrogens is 344 g/mol. The Morgan fingerprint density at radius 1 is 1.00 bits per heavy atom. The van der Waals surface area contributed by atoms with Crippen molar-refractivity contribution in [1.29, 1.82) is 0 Å². The number of hydrogen-bond acceptors (Lipinski definition) is 4. The highest BCUT2D eigenvalue weighted by Gasteiger charge is 2.29. The molecule has 0 N–H and O–H groups in total. The van der Waals surface area contributed by atoms with E-state index >= 15 is 0 Å². The van der Waals surface area contributed by atoms with Crippen molar-refractivity contribution in [3.05, 3.63) is 65.4 Å². The first-order valence-corrected chi connectivity index (χ1v) is 8.42. The number of ketones is 1. The molecule has 138 valence electrons. The standard InChI is InChI=1S/C21H20N2O4/c1-13-18(14-9-5-7-11-16(14)22(13)2)19(24)20(25)23(3)17-12-8-6-10-15(17)21(26)27-4/h5-12H,1-4H3. The van der Waals surface area contributed by atoms with Crippen LogP contribution in [0.2, 0.25) is 0 Å². The number of carbonyl (C=O) groups excluding carboxylic acids is 3. The Kier molecular flexibility index (Phi) is 4.81. The molecule has 1 aromatic heterocycles. The highest BCUT2D eigenvalue weighted by molar-refractivity contribution is 6.49. The molecule has 6 heteroatoms. The molecule has 0 bridgehead atoms. The lowest BCUT2D eigenvalue weighted by Crippen LogP contribution is -2.34. The Balaban J connectivity index is 2.04. The second-order valence-corrected chi connectivity index (χ2v) is 6.24. The van der Waals surface area contributed by atoms with Crippen LogP contribution in [0.4, 0.5) is 5.69 Å². The average Bonchev–Trinajstić information content (AvgIpc) is 2.96. The third-order valence-electron chi connectivity index (χ3n) is 4.80. The van der Waals surface area contributed by atoms with Gasteiger partial charge in [0, 0.05) is 30.7 Å². The van der Waals surface area contributed by atoms with Gasteiger partial charge in [-0.25, -0.2) is 4.79 Å². The second kappa shape index (κ2) is 7.07. The quantitative estimate of drug-likeness (QED) is 0.405. The summed E-state index contributed by atoms with van der Waals surface area (Å²) in [6.45, 7) is 1.81. The van der Waals surface area contributed by atoms with Crippen molar-refractivity contribution < 1.29 is 19.1 Å². The summed E-state index contributed by atoms with van der Waals surface area (Å²) < 4.78 is 6.65. The van der Waals surface area contributed by atoms with Crippen LogP contribution >= 0.6 is 0 Å². The van der Waals surface area contributed by atoms with Crippen LogP contribution in [-0.2, 0) is 16.6 Å². The van der Waals surface area contributed by atoms with E-state index in [1.807, 2.05) is 42.8 Å². The number of rotatable bonds is 4. The number of ether oxygens (including phenoxy) is 1. The van der Waals surface area contributed by atoms with Crippen LogP contribution in [0.25, 0.3) is 10.9 Å². The number of aromatic nitrogens is 1. The summed E-state index contributed by atoms with van der Waals surface area (Å²) in [4.78, 5) is 39.1. The average molecular weight is 364 g/mol. The monoisotopic (exact) mass is 364 g/mol. The molecule has 3 rings (SSSR count). The maximum Gasteiger partial charge on any atom is 0.339 e. The first kappa shape index (κ1) is 18.4. The Hall–Kier alpha value is -3.41. The molecule has 1 heterocycles. The summed E-state index contributed by atoms with van der Waals surface area (Å²) >= 11 is 0. The Morgan fingerprint density at radius 2 is 1.63 bits per heavy atom. The van der Waals surface area contributed by atoms with Crippen LogP contribution in [0.5, 0.6) is 0 Å². The fourth-order valence-electron chi connectivity index (χ4n) is 3.22. The molecule has 0 saturated carbocycles. The maximum absolute atomic E-state index is 13.0. The fourth-order valence-corrected chi connectivity index (χ4v) is 3.22. The molecule has 1 amide bonds. The highest BCUT2D eigenvalue weighted by Crippen LogP contribution is 2.27. The lowest BCUT2D eigenvalue weighted by molar-refractivity contribution is -0.114. The van der Waals surface area contributed by atoms with Gasteiger partial charge in [0.25, 0.3) is 11.7 Å². The molecule has 0 radical (unpaired) electrons. The topological polar surface area (TPSA) is 68.6 Å². The summed E-state index contributed by atoms with van der Waals surface area (Å²) in [5.74, 6) is -1.91. The molecule has 0 saturated heterocycles. The van der Waals surface area contributed by atoms with Crippen molar-refractivity contribution in [2.75, 3.05) is 19.1 Å². The fraction of sp³-hybridized carbons (Fsp3) is 0.190. The smallest absolute Gasteiger partial charge is 0.339 e. The van der Waals surface area contributed by atoms with Crippen LogP contribution in [0.3, 0.4) is 0 Å². The summed E-state index contributed by atoms with van der Waals surface area (Å²) in [7, 11) is 4.60. The zero-order valence-corrected chi connectivity index (χ0v) is 15.6. The van der Waals surface area contributed by atoms with Gasteiger partial charge in [0.2, 0.25) is 0 Å². The van der Waals surface area contributed by atoms with E-state index in [0.717, 1.165) is 10.9 Å². The number of esters is 1. The first-order chi connectivity index (χ1) is 12.9. The number of fused-ring (bicyclic) bond motifs is 1. The molecule has 0 aliphatic carbocycles. The molecule has 3 aromatic rings. The van der Waals surface area contributed by atoms with E-state index in [0.29, 0.717) is 16.9 Å². The van der Waals surface area contributed by atoms with E-state index in [9.17, 15) is 14.4 Å². The Labute approximate surface area is 157 Å². The highest BCUT2D eigenvalue weighted by atomic mass is 16.5. The number of anilines is 1. The van der Waals surface area contributed by atoms with Gasteiger partial charge in [0.1, 0.15) is 0 Å². The van der Waals surface area contributed by atoms with Crippen LogP contribution < -0.4 is 4.90 Å². The molecule has 27 heavy (non-hydrogen) atoms. The molecule has 0 unspecified atom stereocenters. The molecule has 0 atom stereocenters. The SMILES string of the molecule is COC(=O)c1ccccc1N(C)C(=O)C(=O)c1c(C)n(C)c2ccccc12. The second-order valence-electron chi connectivity index (χ2n) is 6.24. The van der Waals surface area contributed by atoms with Crippen LogP contribution in [0, 0.1) is 6.92 Å². The minimum Gasteiger partial charge on any atom is -0.465 e. The van der Waals surface area contributed by atoms with Crippen molar-refractivity contribution in [2.45, 2.75) is 6.92 Å². The van der Waals surface area contributed by atoms with Crippen LogP contribution in [0.15, 0.2) is 48.5 Å². The number of amides is 1. The summed E-state index contributed by atoms with van der Waals surface area (Å²) in [6, 6.07) is 14.0. The van der Waals surface area contributed by atoms with E-state index in [1.165, 1.54) is 19.1 Å². The van der Waals surface area contributed by atoms with Gasteiger partial charge in [-0.05, 0) is 25.1 Å². The minimum atomic E-state index is -0.717. The number of Topliss-reactive ketones (excluding diaryl/α,β-unsaturated/α-hetero) is 1. The van der Waals surface area contributed by atoms with Gasteiger partial charge >= 0.3 is 5.97 Å². The molecule has 0 aliphatic rings. The first-order valence-electron chi connectivity index (χ1n) is 8.42. The zero-order valence-electron chi connectivity index (χ0n) is 15.6. The Bertz CT molecular complexity index is 1070. The number of likely N-dealkylation sites (N-methyl/N-ethyl adjacent to an activating group) is 1. The van der Waals surface area contributed by atoms with Gasteiger partial charge in [-0.3, -0.25) is 9.59 Å². The summed E-state index contributed by atoms with van der Waals surface area (Å²) in [6.07, 6.45) is 0. The third-order valence-corrected chi connectivity index (χ3v) is 4.80. The predicted octanol–water partition coefficient (Wildman–Crippen LogP) is 3.12. The summed E-state index contributed by atoms with van der Waals surface area (Å²) in [5, 5.41) is 0.727. The van der Waals surface area contributed by atoms with Crippen molar-refractivity contribution in [3.8, 4) is 0 Å².